The van der Waals surface area contributed by atoms with E-state index in [9.17, 15) is 0 Å². The van der Waals surface area contributed by atoms with E-state index in [1.54, 1.807) is 0 Å². The Kier molecular flexibility index (Phi) is 2.70. The Labute approximate surface area is 54.8 Å². The highest BCUT2D eigenvalue weighted by Gasteiger charge is 2.10. The van der Waals surface area contributed by atoms with Gasteiger partial charge in [-0.25, -0.2) is 0 Å². The summed E-state index contributed by atoms with van der Waals surface area (Å²) < 4.78 is 5.39. The Morgan fingerprint density at radius 2 is 2.38 bits per heavy atom. The van der Waals surface area contributed by atoms with Crippen molar-refractivity contribution in [3.8, 4) is 0 Å². The molecule has 1 aliphatic rings. The fraction of sp³-hybridized carbons (Fsp3) is 1.00. The standard InChI is InChI=1S/C6H12OS/c1-8-6-4-2-3-5-7-6/h6H,2-5H2,1H3/t6-/m1/s1. The number of ether oxygens (including phenoxy) is 1. The second kappa shape index (κ2) is 3.36. The lowest BCUT2D eigenvalue weighted by Gasteiger charge is -2.19. The van der Waals surface area contributed by atoms with Gasteiger partial charge in [-0.1, -0.05) is 0 Å². The van der Waals surface area contributed by atoms with E-state index in [-0.39, 0.29) is 0 Å². The van der Waals surface area contributed by atoms with Gasteiger partial charge in [0.05, 0.1) is 0 Å². The third kappa shape index (κ3) is 1.67. The molecule has 0 saturated carbocycles. The molecule has 1 aliphatic heterocycles. The monoisotopic (exact) mass is 132 g/mol. The van der Waals surface area contributed by atoms with E-state index in [4.69, 9.17) is 4.74 Å². The molecule has 2 heteroatoms. The van der Waals surface area contributed by atoms with Gasteiger partial charge in [0.2, 0.25) is 0 Å². The first-order chi connectivity index (χ1) is 3.93. The average Bonchev–Trinajstić information content (AvgIpc) is 1.90. The van der Waals surface area contributed by atoms with Crippen LogP contribution < -0.4 is 0 Å². The second-order valence-corrected chi connectivity index (χ2v) is 3.03. The zero-order valence-electron chi connectivity index (χ0n) is 5.22. The maximum absolute atomic E-state index is 5.39. The molecular weight excluding hydrogens is 120 g/mol. The van der Waals surface area contributed by atoms with Gasteiger partial charge in [0, 0.05) is 6.61 Å². The predicted molar refractivity (Wildman–Crippen MR) is 37.1 cm³/mol. The molecule has 1 rings (SSSR count). The van der Waals surface area contributed by atoms with Gasteiger partial charge in [-0.3, -0.25) is 0 Å². The Balaban J connectivity index is 2.13. The minimum absolute atomic E-state index is 0.503. The van der Waals surface area contributed by atoms with Gasteiger partial charge in [0.1, 0.15) is 5.44 Å². The van der Waals surface area contributed by atoms with Crippen LogP contribution in [0, 0.1) is 0 Å². The molecule has 0 unspecified atom stereocenters. The Bertz CT molecular complexity index is 59.5. The lowest BCUT2D eigenvalue weighted by atomic mass is 10.2. The van der Waals surface area contributed by atoms with E-state index < -0.39 is 0 Å². The van der Waals surface area contributed by atoms with Crippen LogP contribution in [0.1, 0.15) is 19.3 Å². The van der Waals surface area contributed by atoms with Gasteiger partial charge < -0.3 is 4.74 Å². The lowest BCUT2D eigenvalue weighted by Crippen LogP contribution is -2.14. The van der Waals surface area contributed by atoms with E-state index in [0.717, 1.165) is 6.61 Å². The molecule has 1 atom stereocenters. The molecule has 0 radical (unpaired) electrons. The maximum Gasteiger partial charge on any atom is 0.102 e. The molecule has 0 bridgehead atoms. The maximum atomic E-state index is 5.39. The fourth-order valence-corrected chi connectivity index (χ4v) is 1.53. The van der Waals surface area contributed by atoms with E-state index in [1.165, 1.54) is 19.3 Å². The number of thioether (sulfide) groups is 1. The zero-order valence-corrected chi connectivity index (χ0v) is 6.04. The molecule has 0 N–H and O–H groups in total. The van der Waals surface area contributed by atoms with Crippen LogP contribution in [0.2, 0.25) is 0 Å². The van der Waals surface area contributed by atoms with Crippen LogP contribution in [0.4, 0.5) is 0 Å². The molecule has 1 fully saturated rings. The Hall–Kier alpha value is 0.310. The first-order valence-corrected chi connectivity index (χ1v) is 4.36. The predicted octanol–water partition coefficient (Wildman–Crippen LogP) is 1.88. The molecule has 48 valence electrons. The molecule has 0 spiro atoms. The van der Waals surface area contributed by atoms with Gasteiger partial charge in [0.25, 0.3) is 0 Å². The van der Waals surface area contributed by atoms with Crippen molar-refractivity contribution in [2.45, 2.75) is 24.7 Å². The van der Waals surface area contributed by atoms with Crippen LogP contribution in [0.3, 0.4) is 0 Å². The molecule has 0 aromatic heterocycles. The summed E-state index contributed by atoms with van der Waals surface area (Å²) in [5.41, 5.74) is 0.503. The van der Waals surface area contributed by atoms with Gasteiger partial charge in [-0.2, -0.15) is 0 Å². The highest BCUT2D eigenvalue weighted by Crippen LogP contribution is 2.20. The minimum atomic E-state index is 0.503. The summed E-state index contributed by atoms with van der Waals surface area (Å²) in [6.07, 6.45) is 5.97. The summed E-state index contributed by atoms with van der Waals surface area (Å²) in [7, 11) is 0. The third-order valence-electron chi connectivity index (χ3n) is 1.40. The third-order valence-corrected chi connectivity index (χ3v) is 2.30. The lowest BCUT2D eigenvalue weighted by molar-refractivity contribution is 0.0731. The number of hydrogen-bond donors (Lipinski definition) is 0. The summed E-state index contributed by atoms with van der Waals surface area (Å²) in [5.74, 6) is 0. The van der Waals surface area contributed by atoms with E-state index in [2.05, 4.69) is 6.26 Å². The van der Waals surface area contributed by atoms with Crippen LogP contribution in [0.5, 0.6) is 0 Å². The Morgan fingerprint density at radius 1 is 1.50 bits per heavy atom. The van der Waals surface area contributed by atoms with E-state index in [0.29, 0.717) is 5.44 Å². The van der Waals surface area contributed by atoms with Crippen molar-refractivity contribution in [1.82, 2.24) is 0 Å². The minimum Gasteiger partial charge on any atom is -0.368 e. The van der Waals surface area contributed by atoms with Crippen LogP contribution in [0.25, 0.3) is 0 Å². The summed E-state index contributed by atoms with van der Waals surface area (Å²) in [4.78, 5) is 0. The number of rotatable bonds is 1. The molecule has 0 aromatic carbocycles. The van der Waals surface area contributed by atoms with Crippen molar-refractivity contribution < 1.29 is 4.74 Å². The van der Waals surface area contributed by atoms with Crippen molar-refractivity contribution >= 4 is 11.8 Å². The summed E-state index contributed by atoms with van der Waals surface area (Å²) in [6, 6.07) is 0. The molecule has 0 amide bonds. The first-order valence-electron chi connectivity index (χ1n) is 3.08. The Morgan fingerprint density at radius 3 is 2.75 bits per heavy atom. The van der Waals surface area contributed by atoms with Crippen molar-refractivity contribution in [2.75, 3.05) is 12.9 Å². The van der Waals surface area contributed by atoms with Crippen LogP contribution in [-0.4, -0.2) is 18.3 Å². The highest BCUT2D eigenvalue weighted by atomic mass is 32.2. The van der Waals surface area contributed by atoms with Gasteiger partial charge in [-0.05, 0) is 25.5 Å². The van der Waals surface area contributed by atoms with Crippen molar-refractivity contribution in [3.63, 3.8) is 0 Å². The molecule has 0 aromatic rings. The van der Waals surface area contributed by atoms with Crippen LogP contribution in [-0.2, 0) is 4.74 Å². The van der Waals surface area contributed by atoms with Crippen molar-refractivity contribution in [3.05, 3.63) is 0 Å². The SMILES string of the molecule is CS[C@@H]1CCCCO1. The van der Waals surface area contributed by atoms with Crippen LogP contribution >= 0.6 is 11.8 Å². The molecule has 1 nitrogen and oxygen atoms in total. The topological polar surface area (TPSA) is 9.23 Å². The van der Waals surface area contributed by atoms with Crippen LogP contribution in [0.15, 0.2) is 0 Å². The van der Waals surface area contributed by atoms with Gasteiger partial charge >= 0.3 is 0 Å². The molecular formula is C6H12OS. The highest BCUT2D eigenvalue weighted by molar-refractivity contribution is 7.99. The van der Waals surface area contributed by atoms with E-state index in [1.807, 2.05) is 11.8 Å². The first kappa shape index (κ1) is 6.43. The summed E-state index contributed by atoms with van der Waals surface area (Å²) in [5, 5.41) is 0. The molecule has 8 heavy (non-hydrogen) atoms. The van der Waals surface area contributed by atoms with Gasteiger partial charge in [-0.15, -0.1) is 11.8 Å². The second-order valence-electron chi connectivity index (χ2n) is 2.03. The largest absolute Gasteiger partial charge is 0.368 e. The molecule has 1 heterocycles. The van der Waals surface area contributed by atoms with E-state index >= 15 is 0 Å². The normalized spacial score (nSPS) is 30.4. The number of hydrogen-bond acceptors (Lipinski definition) is 2. The molecule has 0 aliphatic carbocycles. The zero-order chi connectivity index (χ0) is 5.82. The van der Waals surface area contributed by atoms with Crippen molar-refractivity contribution in [1.29, 1.82) is 0 Å². The van der Waals surface area contributed by atoms with Gasteiger partial charge in [0.15, 0.2) is 0 Å². The average molecular weight is 132 g/mol. The smallest absolute Gasteiger partial charge is 0.102 e. The summed E-state index contributed by atoms with van der Waals surface area (Å²) in [6.45, 7) is 0.978. The fourth-order valence-electron chi connectivity index (χ4n) is 0.897. The summed E-state index contributed by atoms with van der Waals surface area (Å²) >= 11 is 1.82. The van der Waals surface area contributed by atoms with Crippen molar-refractivity contribution in [2.24, 2.45) is 0 Å². The molecule has 1 saturated heterocycles. The quantitative estimate of drug-likeness (QED) is 0.538.